The first-order valence-electron chi connectivity index (χ1n) is 6.45. The van der Waals surface area contributed by atoms with E-state index in [0.717, 1.165) is 19.0 Å². The van der Waals surface area contributed by atoms with Crippen LogP contribution in [0.2, 0.25) is 0 Å². The number of nitrogens with zero attached hydrogens (tertiary/aromatic N) is 2. The van der Waals surface area contributed by atoms with E-state index in [1.54, 1.807) is 0 Å². The standard InChI is InChI=1S/C12H23N3O/c1-15-8-7-13-12(15)14-9-11(16)10-5-3-2-4-6-10/h10-11,16H,2-9H2,1H3,(H,13,14). The molecule has 0 amide bonds. The summed E-state index contributed by atoms with van der Waals surface area (Å²) in [7, 11) is 2.03. The summed E-state index contributed by atoms with van der Waals surface area (Å²) >= 11 is 0. The molecule has 2 rings (SSSR count). The van der Waals surface area contributed by atoms with Gasteiger partial charge in [0.1, 0.15) is 0 Å². The number of aliphatic hydroxyl groups is 1. The van der Waals surface area contributed by atoms with Crippen molar-refractivity contribution < 1.29 is 5.11 Å². The fourth-order valence-corrected chi connectivity index (χ4v) is 2.60. The lowest BCUT2D eigenvalue weighted by atomic mass is 9.85. The van der Waals surface area contributed by atoms with E-state index in [-0.39, 0.29) is 6.10 Å². The Labute approximate surface area is 97.7 Å². The number of guanidine groups is 1. The van der Waals surface area contributed by atoms with Gasteiger partial charge in [0, 0.05) is 20.1 Å². The molecule has 1 fully saturated rings. The van der Waals surface area contributed by atoms with Crippen LogP contribution in [-0.4, -0.2) is 48.8 Å². The average Bonchev–Trinajstić information content (AvgIpc) is 2.73. The predicted octanol–water partition coefficient (Wildman–Crippen LogP) is 0.819. The highest BCUT2D eigenvalue weighted by atomic mass is 16.3. The van der Waals surface area contributed by atoms with Crippen LogP contribution in [0.5, 0.6) is 0 Å². The summed E-state index contributed by atoms with van der Waals surface area (Å²) < 4.78 is 0. The second-order valence-electron chi connectivity index (χ2n) is 4.97. The minimum atomic E-state index is -0.211. The number of likely N-dealkylation sites (N-methyl/N-ethyl adjacent to an activating group) is 1. The SMILES string of the molecule is CN1CCN=C1NCC(O)C1CCCCC1. The monoisotopic (exact) mass is 225 g/mol. The zero-order valence-corrected chi connectivity index (χ0v) is 10.2. The van der Waals surface area contributed by atoms with Gasteiger partial charge in [0.05, 0.1) is 12.6 Å². The molecule has 16 heavy (non-hydrogen) atoms. The maximum atomic E-state index is 10.1. The quantitative estimate of drug-likeness (QED) is 0.747. The second kappa shape index (κ2) is 5.53. The van der Waals surface area contributed by atoms with E-state index in [1.165, 1.54) is 32.1 Å². The molecular weight excluding hydrogens is 202 g/mol. The van der Waals surface area contributed by atoms with Crippen molar-refractivity contribution >= 4 is 5.96 Å². The Morgan fingerprint density at radius 1 is 1.44 bits per heavy atom. The van der Waals surface area contributed by atoms with Crippen molar-refractivity contribution in [3.8, 4) is 0 Å². The van der Waals surface area contributed by atoms with Gasteiger partial charge < -0.3 is 15.3 Å². The van der Waals surface area contributed by atoms with Crippen molar-refractivity contribution in [3.63, 3.8) is 0 Å². The molecule has 92 valence electrons. The third-order valence-corrected chi connectivity index (χ3v) is 3.72. The zero-order valence-electron chi connectivity index (χ0n) is 10.2. The summed E-state index contributed by atoms with van der Waals surface area (Å²) in [4.78, 5) is 6.46. The number of hydrogen-bond acceptors (Lipinski definition) is 4. The van der Waals surface area contributed by atoms with Crippen molar-refractivity contribution in [2.75, 3.05) is 26.7 Å². The van der Waals surface area contributed by atoms with Gasteiger partial charge in [-0.15, -0.1) is 0 Å². The fraction of sp³-hybridized carbons (Fsp3) is 0.917. The molecule has 0 aromatic carbocycles. The third-order valence-electron chi connectivity index (χ3n) is 3.72. The first-order valence-corrected chi connectivity index (χ1v) is 6.45. The Morgan fingerprint density at radius 2 is 2.19 bits per heavy atom. The van der Waals surface area contributed by atoms with Crippen LogP contribution in [0, 0.1) is 5.92 Å². The molecule has 0 aromatic rings. The van der Waals surface area contributed by atoms with Crippen LogP contribution in [-0.2, 0) is 0 Å². The van der Waals surface area contributed by atoms with Gasteiger partial charge in [0.2, 0.25) is 0 Å². The maximum absolute atomic E-state index is 10.1. The Bertz CT molecular complexity index is 249. The van der Waals surface area contributed by atoms with Crippen LogP contribution in [0.15, 0.2) is 4.99 Å². The molecule has 2 N–H and O–H groups in total. The number of rotatable bonds is 3. The Balaban J connectivity index is 1.72. The molecule has 2 aliphatic rings. The molecule has 0 radical (unpaired) electrons. The van der Waals surface area contributed by atoms with E-state index in [2.05, 4.69) is 15.2 Å². The smallest absolute Gasteiger partial charge is 0.193 e. The van der Waals surface area contributed by atoms with Crippen molar-refractivity contribution in [1.29, 1.82) is 0 Å². The number of hydrogen-bond donors (Lipinski definition) is 2. The van der Waals surface area contributed by atoms with E-state index >= 15 is 0 Å². The molecule has 0 aromatic heterocycles. The number of nitrogens with one attached hydrogen (secondary N) is 1. The van der Waals surface area contributed by atoms with Crippen LogP contribution < -0.4 is 5.32 Å². The fourth-order valence-electron chi connectivity index (χ4n) is 2.60. The van der Waals surface area contributed by atoms with Crippen LogP contribution >= 0.6 is 0 Å². The van der Waals surface area contributed by atoms with Gasteiger partial charge in [-0.2, -0.15) is 0 Å². The first-order chi connectivity index (χ1) is 7.77. The molecule has 0 spiro atoms. The zero-order chi connectivity index (χ0) is 11.4. The number of aliphatic hydroxyl groups excluding tert-OH is 1. The van der Waals surface area contributed by atoms with Gasteiger partial charge in [0.15, 0.2) is 5.96 Å². The Hall–Kier alpha value is -0.770. The summed E-state index contributed by atoms with van der Waals surface area (Å²) in [6.45, 7) is 2.51. The molecular formula is C12H23N3O. The predicted molar refractivity (Wildman–Crippen MR) is 65.5 cm³/mol. The van der Waals surface area contributed by atoms with E-state index in [4.69, 9.17) is 0 Å². The minimum absolute atomic E-state index is 0.211. The van der Waals surface area contributed by atoms with Crippen molar-refractivity contribution in [2.45, 2.75) is 38.2 Å². The van der Waals surface area contributed by atoms with Crippen LogP contribution in [0.25, 0.3) is 0 Å². The molecule has 1 unspecified atom stereocenters. The normalized spacial score (nSPS) is 24.4. The molecule has 0 bridgehead atoms. The van der Waals surface area contributed by atoms with E-state index in [1.807, 2.05) is 7.05 Å². The molecule has 0 saturated heterocycles. The third kappa shape index (κ3) is 2.88. The molecule has 4 nitrogen and oxygen atoms in total. The molecule has 4 heteroatoms. The van der Waals surface area contributed by atoms with Gasteiger partial charge in [-0.25, -0.2) is 0 Å². The van der Waals surface area contributed by atoms with E-state index in [9.17, 15) is 5.11 Å². The first kappa shape index (κ1) is 11.7. The Kier molecular flexibility index (Phi) is 4.04. The summed E-state index contributed by atoms with van der Waals surface area (Å²) in [5.41, 5.74) is 0. The summed E-state index contributed by atoms with van der Waals surface area (Å²) in [6, 6.07) is 0. The van der Waals surface area contributed by atoms with Crippen LogP contribution in [0.3, 0.4) is 0 Å². The van der Waals surface area contributed by atoms with Crippen molar-refractivity contribution in [1.82, 2.24) is 10.2 Å². The molecule has 1 heterocycles. The van der Waals surface area contributed by atoms with E-state index < -0.39 is 0 Å². The summed E-state index contributed by atoms with van der Waals surface area (Å²) in [5.74, 6) is 1.43. The van der Waals surface area contributed by atoms with Gasteiger partial charge >= 0.3 is 0 Å². The minimum Gasteiger partial charge on any atom is -0.391 e. The van der Waals surface area contributed by atoms with Crippen molar-refractivity contribution in [2.24, 2.45) is 10.9 Å². The average molecular weight is 225 g/mol. The highest BCUT2D eigenvalue weighted by Gasteiger charge is 2.22. The van der Waals surface area contributed by atoms with Crippen molar-refractivity contribution in [3.05, 3.63) is 0 Å². The van der Waals surface area contributed by atoms with Crippen LogP contribution in [0.1, 0.15) is 32.1 Å². The molecule has 1 aliphatic heterocycles. The molecule has 1 atom stereocenters. The Morgan fingerprint density at radius 3 is 2.81 bits per heavy atom. The van der Waals surface area contributed by atoms with E-state index in [0.29, 0.717) is 12.5 Å². The summed E-state index contributed by atoms with van der Waals surface area (Å²) in [5, 5.41) is 13.3. The maximum Gasteiger partial charge on any atom is 0.193 e. The number of aliphatic imine (C=N–C) groups is 1. The molecule has 1 saturated carbocycles. The highest BCUT2D eigenvalue weighted by molar-refractivity contribution is 5.81. The van der Waals surface area contributed by atoms with Gasteiger partial charge in [-0.05, 0) is 18.8 Å². The lowest BCUT2D eigenvalue weighted by molar-refractivity contribution is 0.0876. The van der Waals surface area contributed by atoms with Gasteiger partial charge in [-0.3, -0.25) is 4.99 Å². The summed E-state index contributed by atoms with van der Waals surface area (Å²) in [6.07, 6.45) is 6.06. The lowest BCUT2D eigenvalue weighted by Gasteiger charge is -2.27. The van der Waals surface area contributed by atoms with Gasteiger partial charge in [-0.1, -0.05) is 19.3 Å². The second-order valence-corrected chi connectivity index (χ2v) is 4.97. The topological polar surface area (TPSA) is 47.9 Å². The largest absolute Gasteiger partial charge is 0.391 e. The molecule has 1 aliphatic carbocycles. The lowest BCUT2D eigenvalue weighted by Crippen LogP contribution is -2.42. The highest BCUT2D eigenvalue weighted by Crippen LogP contribution is 2.26. The van der Waals surface area contributed by atoms with Gasteiger partial charge in [0.25, 0.3) is 0 Å². The van der Waals surface area contributed by atoms with Crippen LogP contribution in [0.4, 0.5) is 0 Å².